The van der Waals surface area contributed by atoms with Crippen molar-refractivity contribution in [2.24, 2.45) is 0 Å². The Kier molecular flexibility index (Phi) is 7.17. The average Bonchev–Trinajstić information content (AvgIpc) is 2.20. The molecule has 4 nitrogen and oxygen atoms in total. The molecular weight excluding hydrogens is 172 g/mol. The van der Waals surface area contributed by atoms with Gasteiger partial charge in [0.25, 0.3) is 0 Å². The molecule has 0 radical (unpaired) electrons. The first-order chi connectivity index (χ1) is 6.24. The zero-order chi connectivity index (χ0) is 10.2. The van der Waals surface area contributed by atoms with Crippen LogP contribution < -0.4 is 0 Å². The van der Waals surface area contributed by atoms with Gasteiger partial charge < -0.3 is 20.1 Å². The van der Waals surface area contributed by atoms with Gasteiger partial charge in [0.15, 0.2) is 0 Å². The molecule has 0 aromatic rings. The van der Waals surface area contributed by atoms with Gasteiger partial charge in [0, 0.05) is 13.2 Å². The fraction of sp³-hybridized carbons (Fsp3) is 1.00. The van der Waals surface area contributed by atoms with Crippen LogP contribution in [0.25, 0.3) is 0 Å². The zero-order valence-corrected chi connectivity index (χ0v) is 8.20. The molecule has 0 fully saturated rings. The van der Waals surface area contributed by atoms with E-state index in [1.165, 1.54) is 0 Å². The Balaban J connectivity index is 3.97. The van der Waals surface area contributed by atoms with Gasteiger partial charge in [-0.05, 0) is 19.3 Å². The minimum Gasteiger partial charge on any atom is -0.396 e. The van der Waals surface area contributed by atoms with Crippen molar-refractivity contribution in [2.75, 3.05) is 26.4 Å². The van der Waals surface area contributed by atoms with Gasteiger partial charge >= 0.3 is 0 Å². The fourth-order valence-corrected chi connectivity index (χ4v) is 1.09. The smallest absolute Gasteiger partial charge is 0.114 e. The maximum atomic E-state index is 9.06. The van der Waals surface area contributed by atoms with Crippen molar-refractivity contribution in [2.45, 2.75) is 31.8 Å². The predicted octanol–water partition coefficient (Wildman–Crippen LogP) is -0.0911. The molecule has 0 heterocycles. The standard InChI is InChI=1S/C9H20O4/c1-2-6-13-9(7-11,8-12)4-3-5-10/h10-12H,2-8H2,1H3. The van der Waals surface area contributed by atoms with Crippen molar-refractivity contribution in [3.8, 4) is 0 Å². The third kappa shape index (κ3) is 4.57. The van der Waals surface area contributed by atoms with Gasteiger partial charge in [-0.3, -0.25) is 0 Å². The molecule has 0 aromatic heterocycles. The molecule has 3 N–H and O–H groups in total. The van der Waals surface area contributed by atoms with E-state index in [1.54, 1.807) is 0 Å². The number of aliphatic hydroxyl groups is 3. The normalized spacial score (nSPS) is 12.0. The minimum absolute atomic E-state index is 0.0528. The van der Waals surface area contributed by atoms with Gasteiger partial charge in [-0.25, -0.2) is 0 Å². The van der Waals surface area contributed by atoms with E-state index in [4.69, 9.17) is 20.1 Å². The predicted molar refractivity (Wildman–Crippen MR) is 49.5 cm³/mol. The van der Waals surface area contributed by atoms with Crippen LogP contribution in [0.2, 0.25) is 0 Å². The second-order valence-electron chi connectivity index (χ2n) is 3.17. The lowest BCUT2D eigenvalue weighted by molar-refractivity contribution is -0.115. The van der Waals surface area contributed by atoms with Crippen molar-refractivity contribution in [1.82, 2.24) is 0 Å². The summed E-state index contributed by atoms with van der Waals surface area (Å²) in [5.74, 6) is 0. The minimum atomic E-state index is -0.862. The average molecular weight is 192 g/mol. The molecule has 0 spiro atoms. The van der Waals surface area contributed by atoms with Crippen LogP contribution in [-0.4, -0.2) is 47.3 Å². The number of rotatable bonds is 8. The fourth-order valence-electron chi connectivity index (χ4n) is 1.09. The van der Waals surface area contributed by atoms with Crippen molar-refractivity contribution >= 4 is 0 Å². The first-order valence-electron chi connectivity index (χ1n) is 4.71. The lowest BCUT2D eigenvalue weighted by Crippen LogP contribution is -2.41. The first kappa shape index (κ1) is 12.8. The van der Waals surface area contributed by atoms with E-state index in [1.807, 2.05) is 6.92 Å². The lowest BCUT2D eigenvalue weighted by atomic mass is 10.00. The molecule has 0 atom stereocenters. The molecule has 0 aliphatic carbocycles. The lowest BCUT2D eigenvalue weighted by Gasteiger charge is -2.29. The van der Waals surface area contributed by atoms with Gasteiger partial charge in [0.05, 0.1) is 13.2 Å². The molecular formula is C9H20O4. The van der Waals surface area contributed by atoms with Crippen molar-refractivity contribution < 1.29 is 20.1 Å². The van der Waals surface area contributed by atoms with Crippen LogP contribution in [0.4, 0.5) is 0 Å². The van der Waals surface area contributed by atoms with Crippen LogP contribution in [0.5, 0.6) is 0 Å². The molecule has 0 aliphatic heterocycles. The summed E-state index contributed by atoms with van der Waals surface area (Å²) in [7, 11) is 0. The summed E-state index contributed by atoms with van der Waals surface area (Å²) < 4.78 is 5.37. The monoisotopic (exact) mass is 192 g/mol. The number of hydrogen-bond donors (Lipinski definition) is 3. The van der Waals surface area contributed by atoms with E-state index in [-0.39, 0.29) is 19.8 Å². The maximum Gasteiger partial charge on any atom is 0.114 e. The van der Waals surface area contributed by atoms with Crippen LogP contribution in [0.1, 0.15) is 26.2 Å². The molecule has 0 unspecified atom stereocenters. The quantitative estimate of drug-likeness (QED) is 0.502. The van der Waals surface area contributed by atoms with E-state index in [2.05, 4.69) is 0 Å². The highest BCUT2D eigenvalue weighted by Gasteiger charge is 2.28. The molecule has 0 saturated carbocycles. The Bertz CT molecular complexity index is 102. The summed E-state index contributed by atoms with van der Waals surface area (Å²) in [6, 6.07) is 0. The van der Waals surface area contributed by atoms with Gasteiger partial charge in [-0.2, -0.15) is 0 Å². The van der Waals surface area contributed by atoms with Crippen LogP contribution in [0.3, 0.4) is 0 Å². The number of hydrogen-bond acceptors (Lipinski definition) is 4. The van der Waals surface area contributed by atoms with Crippen molar-refractivity contribution in [3.05, 3.63) is 0 Å². The summed E-state index contributed by atoms with van der Waals surface area (Å²) in [6.45, 7) is 2.13. The first-order valence-corrected chi connectivity index (χ1v) is 4.71. The number of ether oxygens (including phenoxy) is 1. The van der Waals surface area contributed by atoms with E-state index in [0.29, 0.717) is 19.4 Å². The van der Waals surface area contributed by atoms with Crippen molar-refractivity contribution in [3.63, 3.8) is 0 Å². The molecule has 0 amide bonds. The molecule has 0 rings (SSSR count). The van der Waals surface area contributed by atoms with Gasteiger partial charge in [0.2, 0.25) is 0 Å². The van der Waals surface area contributed by atoms with Gasteiger partial charge in [0.1, 0.15) is 5.60 Å². The van der Waals surface area contributed by atoms with Crippen LogP contribution in [-0.2, 0) is 4.74 Å². The molecule has 13 heavy (non-hydrogen) atoms. The molecule has 0 bridgehead atoms. The summed E-state index contributed by atoms with van der Waals surface area (Å²) >= 11 is 0. The maximum absolute atomic E-state index is 9.06. The van der Waals surface area contributed by atoms with Gasteiger partial charge in [-0.1, -0.05) is 6.92 Å². The van der Waals surface area contributed by atoms with Crippen LogP contribution >= 0.6 is 0 Å². The molecule has 0 aliphatic rings. The largest absolute Gasteiger partial charge is 0.396 e. The van der Waals surface area contributed by atoms with Crippen molar-refractivity contribution in [1.29, 1.82) is 0 Å². The van der Waals surface area contributed by atoms with Crippen LogP contribution in [0.15, 0.2) is 0 Å². The second-order valence-corrected chi connectivity index (χ2v) is 3.17. The second kappa shape index (κ2) is 7.26. The molecule has 0 saturated heterocycles. The summed E-state index contributed by atoms with van der Waals surface area (Å²) in [6.07, 6.45) is 1.86. The molecule has 0 aromatic carbocycles. The van der Waals surface area contributed by atoms with E-state index in [9.17, 15) is 0 Å². The highest BCUT2D eigenvalue weighted by Crippen LogP contribution is 2.17. The Morgan fingerprint density at radius 1 is 1.15 bits per heavy atom. The third-order valence-electron chi connectivity index (χ3n) is 1.98. The summed E-state index contributed by atoms with van der Waals surface area (Å²) in [5, 5.41) is 26.8. The van der Waals surface area contributed by atoms with Crippen LogP contribution in [0, 0.1) is 0 Å². The van der Waals surface area contributed by atoms with E-state index < -0.39 is 5.60 Å². The zero-order valence-electron chi connectivity index (χ0n) is 8.20. The Morgan fingerprint density at radius 3 is 2.15 bits per heavy atom. The Morgan fingerprint density at radius 2 is 1.77 bits per heavy atom. The highest BCUT2D eigenvalue weighted by atomic mass is 16.5. The number of aliphatic hydroxyl groups excluding tert-OH is 3. The summed E-state index contributed by atoms with van der Waals surface area (Å²) in [4.78, 5) is 0. The molecule has 80 valence electrons. The third-order valence-corrected chi connectivity index (χ3v) is 1.98. The Labute approximate surface area is 79.2 Å². The Hall–Kier alpha value is -0.160. The highest BCUT2D eigenvalue weighted by molar-refractivity contribution is 4.78. The van der Waals surface area contributed by atoms with Gasteiger partial charge in [-0.15, -0.1) is 0 Å². The molecule has 4 heteroatoms. The van der Waals surface area contributed by atoms with E-state index >= 15 is 0 Å². The SMILES string of the molecule is CCCOC(CO)(CO)CCCO. The summed E-state index contributed by atoms with van der Waals surface area (Å²) in [5.41, 5.74) is -0.862. The topological polar surface area (TPSA) is 69.9 Å². The van der Waals surface area contributed by atoms with E-state index in [0.717, 1.165) is 6.42 Å².